The highest BCUT2D eigenvalue weighted by atomic mass is 32.1. The number of halogens is 2. The van der Waals surface area contributed by atoms with E-state index in [4.69, 9.17) is 17.2 Å². The van der Waals surface area contributed by atoms with Gasteiger partial charge in [0.25, 0.3) is 0 Å². The Balaban J connectivity index is 1.55. The van der Waals surface area contributed by atoms with E-state index in [9.17, 15) is 8.78 Å². The lowest BCUT2D eigenvalue weighted by Gasteiger charge is -2.34. The van der Waals surface area contributed by atoms with Crippen LogP contribution in [0.25, 0.3) is 21.3 Å². The van der Waals surface area contributed by atoms with E-state index in [2.05, 4.69) is 11.0 Å². The van der Waals surface area contributed by atoms with E-state index in [1.54, 1.807) is 23.5 Å². The summed E-state index contributed by atoms with van der Waals surface area (Å²) in [6.07, 6.45) is 3.24. The van der Waals surface area contributed by atoms with Crippen LogP contribution in [-0.2, 0) is 6.67 Å². The van der Waals surface area contributed by atoms with Crippen LogP contribution in [0.15, 0.2) is 48.5 Å². The van der Waals surface area contributed by atoms with Gasteiger partial charge in [-0.15, -0.1) is 11.3 Å². The van der Waals surface area contributed by atoms with Crippen LogP contribution in [0.5, 0.6) is 0 Å². The molecule has 0 amide bonds. The summed E-state index contributed by atoms with van der Waals surface area (Å²) in [5, 5.41) is 1.09. The van der Waals surface area contributed by atoms with Crippen LogP contribution in [0.3, 0.4) is 0 Å². The van der Waals surface area contributed by atoms with Crippen LogP contribution in [-0.4, -0.2) is 25.6 Å². The van der Waals surface area contributed by atoms with E-state index in [-0.39, 0.29) is 10.8 Å². The molecular formula is C21H20F2N4S2. The Morgan fingerprint density at radius 1 is 1.07 bits per heavy atom. The van der Waals surface area contributed by atoms with Gasteiger partial charge in [-0.25, -0.2) is 4.98 Å². The van der Waals surface area contributed by atoms with Gasteiger partial charge >= 0.3 is 6.55 Å². The van der Waals surface area contributed by atoms with Gasteiger partial charge in [-0.05, 0) is 49.3 Å². The van der Waals surface area contributed by atoms with Crippen LogP contribution in [0.2, 0.25) is 0 Å². The third-order valence-electron chi connectivity index (χ3n) is 5.60. The van der Waals surface area contributed by atoms with Gasteiger partial charge in [0, 0.05) is 6.54 Å². The lowest BCUT2D eigenvalue weighted by Crippen LogP contribution is -2.35. The van der Waals surface area contributed by atoms with Crippen LogP contribution in [0.1, 0.15) is 36.9 Å². The quantitative estimate of drug-likeness (QED) is 0.352. The van der Waals surface area contributed by atoms with Gasteiger partial charge in [-0.1, -0.05) is 30.7 Å². The first-order chi connectivity index (χ1) is 14.1. The van der Waals surface area contributed by atoms with E-state index in [0.717, 1.165) is 46.4 Å². The normalized spacial score (nSPS) is 18.2. The first-order valence-electron chi connectivity index (χ1n) is 9.71. The average molecular weight is 431 g/mol. The van der Waals surface area contributed by atoms with Gasteiger partial charge in [-0.2, -0.15) is 8.78 Å². The molecule has 1 aliphatic heterocycles. The molecule has 4 nitrogen and oxygen atoms in total. The molecule has 29 heavy (non-hydrogen) atoms. The Kier molecular flexibility index (Phi) is 4.93. The number of rotatable bonds is 4. The number of thiazole rings is 1. The number of nitrogens with zero attached hydrogens (tertiary/aromatic N) is 4. The van der Waals surface area contributed by atoms with Crippen LogP contribution < -0.4 is 0 Å². The predicted molar refractivity (Wildman–Crippen MR) is 115 cm³/mol. The molecular weight excluding hydrogens is 410 g/mol. The number of alkyl halides is 2. The van der Waals surface area contributed by atoms with Crippen molar-refractivity contribution in [2.45, 2.75) is 38.5 Å². The molecule has 0 bridgehead atoms. The van der Waals surface area contributed by atoms with Gasteiger partial charge in [-0.3, -0.25) is 9.47 Å². The highest BCUT2D eigenvalue weighted by molar-refractivity contribution is 7.71. The van der Waals surface area contributed by atoms with Crippen molar-refractivity contribution in [2.75, 3.05) is 6.54 Å². The Hall–Kier alpha value is -2.16. The molecule has 1 fully saturated rings. The molecule has 1 atom stereocenters. The topological polar surface area (TPSA) is 26.0 Å². The van der Waals surface area contributed by atoms with E-state index in [1.165, 1.54) is 4.70 Å². The zero-order valence-corrected chi connectivity index (χ0v) is 17.3. The third kappa shape index (κ3) is 3.29. The molecule has 1 aliphatic rings. The second-order valence-electron chi connectivity index (χ2n) is 7.33. The molecule has 2 aromatic carbocycles. The lowest BCUT2D eigenvalue weighted by atomic mass is 10.0. The fourth-order valence-corrected chi connectivity index (χ4v) is 5.68. The number of para-hydroxylation sites is 3. The highest BCUT2D eigenvalue weighted by Crippen LogP contribution is 2.36. The average Bonchev–Trinajstić information content (AvgIpc) is 3.28. The smallest absolute Gasteiger partial charge is 0.303 e. The first-order valence-corrected chi connectivity index (χ1v) is 10.9. The molecule has 0 N–H and O–H groups in total. The second kappa shape index (κ2) is 7.59. The van der Waals surface area contributed by atoms with Gasteiger partial charge in [0.1, 0.15) is 5.01 Å². The van der Waals surface area contributed by atoms with Gasteiger partial charge in [0.05, 0.1) is 34.0 Å². The minimum Gasteiger partial charge on any atom is -0.303 e. The zero-order chi connectivity index (χ0) is 20.0. The third-order valence-corrected chi connectivity index (χ3v) is 7.15. The molecule has 3 heterocycles. The molecule has 0 spiro atoms. The predicted octanol–water partition coefficient (Wildman–Crippen LogP) is 6.36. The maximum Gasteiger partial charge on any atom is 0.321 e. The lowest BCUT2D eigenvalue weighted by molar-refractivity contribution is 0.0695. The van der Waals surface area contributed by atoms with Crippen LogP contribution >= 0.6 is 23.6 Å². The SMILES string of the molecule is FC(F)n1c(=S)n(CN2CCCCC2c2nc3ccccc3s2)c2ccccc21. The number of fused-ring (bicyclic) bond motifs is 2. The molecule has 0 saturated carbocycles. The van der Waals surface area contributed by atoms with Gasteiger partial charge < -0.3 is 4.57 Å². The molecule has 5 rings (SSSR count). The second-order valence-corrected chi connectivity index (χ2v) is 8.76. The Bertz CT molecular complexity index is 1190. The van der Waals surface area contributed by atoms with Crippen LogP contribution in [0.4, 0.5) is 8.78 Å². The fraction of sp³-hybridized carbons (Fsp3) is 0.333. The van der Waals surface area contributed by atoms with Crippen molar-refractivity contribution in [2.24, 2.45) is 0 Å². The van der Waals surface area contributed by atoms with Gasteiger partial charge in [0.2, 0.25) is 0 Å². The molecule has 0 aliphatic carbocycles. The fourth-order valence-electron chi connectivity index (χ4n) is 4.21. The van der Waals surface area contributed by atoms with Crippen molar-refractivity contribution < 1.29 is 8.78 Å². The number of piperidine rings is 1. The monoisotopic (exact) mass is 430 g/mol. The number of aromatic nitrogens is 3. The summed E-state index contributed by atoms with van der Waals surface area (Å²) < 4.78 is 31.5. The number of benzene rings is 2. The maximum absolute atomic E-state index is 13.7. The molecule has 0 radical (unpaired) electrons. The summed E-state index contributed by atoms with van der Waals surface area (Å²) in [4.78, 5) is 7.20. The van der Waals surface area contributed by atoms with E-state index in [1.807, 2.05) is 34.9 Å². The van der Waals surface area contributed by atoms with Crippen molar-refractivity contribution in [3.8, 4) is 0 Å². The molecule has 150 valence electrons. The van der Waals surface area contributed by atoms with Crippen LogP contribution in [0, 0.1) is 4.77 Å². The first kappa shape index (κ1) is 18.8. The van der Waals surface area contributed by atoms with Crippen molar-refractivity contribution in [3.63, 3.8) is 0 Å². The van der Waals surface area contributed by atoms with Crippen molar-refractivity contribution in [1.29, 1.82) is 0 Å². The van der Waals surface area contributed by atoms with Crippen molar-refractivity contribution >= 4 is 44.8 Å². The molecule has 8 heteroatoms. The maximum atomic E-state index is 13.7. The minimum absolute atomic E-state index is 0.162. The van der Waals surface area contributed by atoms with Crippen molar-refractivity contribution in [1.82, 2.24) is 19.0 Å². The minimum atomic E-state index is -2.66. The molecule has 1 saturated heterocycles. The van der Waals surface area contributed by atoms with E-state index in [0.29, 0.717) is 12.2 Å². The summed E-state index contributed by atoms with van der Waals surface area (Å²) in [6.45, 7) is -1.27. The standard InChI is InChI=1S/C21H20F2N4S2/c22-20(23)27-16-9-3-2-8-15(16)26(21(27)28)13-25-12-6-5-10-17(25)19-24-14-7-1-4-11-18(14)29-19/h1-4,7-9,11,17,20H,5-6,10,12-13H2. The molecule has 2 aromatic heterocycles. The van der Waals surface area contributed by atoms with E-state index >= 15 is 0 Å². The molecule has 4 aromatic rings. The van der Waals surface area contributed by atoms with E-state index < -0.39 is 6.55 Å². The molecule has 1 unspecified atom stereocenters. The summed E-state index contributed by atoms with van der Waals surface area (Å²) in [5.41, 5.74) is 2.23. The Labute approximate surface area is 176 Å². The Morgan fingerprint density at radius 2 is 1.83 bits per heavy atom. The summed E-state index contributed by atoms with van der Waals surface area (Å²) >= 11 is 7.17. The zero-order valence-electron chi connectivity index (χ0n) is 15.7. The van der Waals surface area contributed by atoms with Crippen molar-refractivity contribution in [3.05, 3.63) is 58.3 Å². The number of likely N-dealkylation sites (tertiary alicyclic amines) is 1. The Morgan fingerprint density at radius 3 is 2.62 bits per heavy atom. The summed E-state index contributed by atoms with van der Waals surface area (Å²) in [5.74, 6) is 0. The highest BCUT2D eigenvalue weighted by Gasteiger charge is 2.28. The largest absolute Gasteiger partial charge is 0.321 e. The number of imidazole rings is 1. The number of hydrogen-bond donors (Lipinski definition) is 0. The summed E-state index contributed by atoms with van der Waals surface area (Å²) in [6, 6.07) is 15.5. The number of hydrogen-bond acceptors (Lipinski definition) is 4. The van der Waals surface area contributed by atoms with Gasteiger partial charge in [0.15, 0.2) is 4.77 Å². The summed E-state index contributed by atoms with van der Waals surface area (Å²) in [7, 11) is 0.